The van der Waals surface area contributed by atoms with E-state index in [0.717, 1.165) is 141 Å². The second-order valence-electron chi connectivity index (χ2n) is 20.9. The van der Waals surface area contributed by atoms with E-state index in [0.29, 0.717) is 19.3 Å². The van der Waals surface area contributed by atoms with Crippen molar-refractivity contribution in [3.05, 3.63) is 109 Å². The molecule has 0 aromatic rings. The third kappa shape index (κ3) is 60.9. The highest BCUT2D eigenvalue weighted by atomic mass is 16.6. The summed E-state index contributed by atoms with van der Waals surface area (Å²) in [5.41, 5.74) is 0. The molecule has 0 spiro atoms. The largest absolute Gasteiger partial charge is 0.462 e. The molecule has 0 aliphatic rings. The van der Waals surface area contributed by atoms with E-state index in [2.05, 4.69) is 130 Å². The van der Waals surface area contributed by atoms with Crippen LogP contribution in [0.2, 0.25) is 0 Å². The molecular weight excluding hydrogens is 937 g/mol. The van der Waals surface area contributed by atoms with Crippen LogP contribution in [0.15, 0.2) is 109 Å². The summed E-state index contributed by atoms with van der Waals surface area (Å²) in [6.07, 6.45) is 86.6. The quantitative estimate of drug-likeness (QED) is 0.0261. The molecule has 1 unspecified atom stereocenters. The molecule has 6 heteroatoms. The third-order valence-electron chi connectivity index (χ3n) is 13.5. The van der Waals surface area contributed by atoms with E-state index in [1.165, 1.54) is 116 Å². The van der Waals surface area contributed by atoms with Crippen molar-refractivity contribution in [1.82, 2.24) is 0 Å². The molecular formula is C70H118O6. The second-order valence-corrected chi connectivity index (χ2v) is 20.9. The zero-order chi connectivity index (χ0) is 55.0. The fourth-order valence-corrected chi connectivity index (χ4v) is 8.76. The van der Waals surface area contributed by atoms with Gasteiger partial charge in [0.2, 0.25) is 0 Å². The topological polar surface area (TPSA) is 78.9 Å². The lowest BCUT2D eigenvalue weighted by Crippen LogP contribution is -2.30. The molecule has 0 aromatic carbocycles. The molecule has 0 saturated heterocycles. The van der Waals surface area contributed by atoms with Crippen molar-refractivity contribution < 1.29 is 28.6 Å². The van der Waals surface area contributed by atoms with Gasteiger partial charge in [0.25, 0.3) is 0 Å². The maximum absolute atomic E-state index is 12.9. The summed E-state index contributed by atoms with van der Waals surface area (Å²) >= 11 is 0. The molecule has 0 aromatic heterocycles. The Kier molecular flexibility index (Phi) is 60.3. The van der Waals surface area contributed by atoms with Crippen molar-refractivity contribution in [3.63, 3.8) is 0 Å². The summed E-state index contributed by atoms with van der Waals surface area (Å²) in [6.45, 7) is 6.45. The summed E-state index contributed by atoms with van der Waals surface area (Å²) in [4.78, 5) is 38.3. The predicted molar refractivity (Wildman–Crippen MR) is 330 cm³/mol. The van der Waals surface area contributed by atoms with Gasteiger partial charge in [-0.1, -0.05) is 284 Å². The van der Waals surface area contributed by atoms with E-state index in [1.807, 2.05) is 0 Å². The van der Waals surface area contributed by atoms with Crippen molar-refractivity contribution >= 4 is 17.9 Å². The lowest BCUT2D eigenvalue weighted by atomic mass is 10.0. The maximum atomic E-state index is 12.9. The molecule has 1 atom stereocenters. The Hall–Kier alpha value is -3.93. The molecule has 0 rings (SSSR count). The first-order valence-electron chi connectivity index (χ1n) is 31.9. The molecule has 0 aliphatic heterocycles. The SMILES string of the molecule is CC/C=C\C/C=C\C/C=C\C/C=C\C/C=C\C/C=C\C/C=C\CCCCCC(=O)OCC(COC(=O)CCCCCCC/C=C\C/C=C\CCC)OC(=O)CCCCCCCCCCCCCCCCCCCCCC. The van der Waals surface area contributed by atoms with E-state index in [4.69, 9.17) is 14.2 Å². The zero-order valence-corrected chi connectivity index (χ0v) is 49.7. The van der Waals surface area contributed by atoms with Gasteiger partial charge in [-0.25, -0.2) is 0 Å². The maximum Gasteiger partial charge on any atom is 0.306 e. The van der Waals surface area contributed by atoms with Crippen LogP contribution in [0, 0.1) is 0 Å². The number of rotatable bonds is 57. The molecule has 0 aliphatic carbocycles. The van der Waals surface area contributed by atoms with Crippen molar-refractivity contribution in [3.8, 4) is 0 Å². The van der Waals surface area contributed by atoms with Crippen LogP contribution in [0.4, 0.5) is 0 Å². The molecule has 0 N–H and O–H groups in total. The number of ether oxygens (including phenoxy) is 3. The highest BCUT2D eigenvalue weighted by Gasteiger charge is 2.19. The minimum atomic E-state index is -0.799. The molecule has 0 radical (unpaired) electrons. The number of carbonyl (C=O) groups is 3. The van der Waals surface area contributed by atoms with Gasteiger partial charge in [-0.15, -0.1) is 0 Å². The smallest absolute Gasteiger partial charge is 0.306 e. The summed E-state index contributed by atoms with van der Waals surface area (Å²) in [5, 5.41) is 0. The van der Waals surface area contributed by atoms with Crippen molar-refractivity contribution in [2.75, 3.05) is 13.2 Å². The molecule has 76 heavy (non-hydrogen) atoms. The van der Waals surface area contributed by atoms with Crippen LogP contribution < -0.4 is 0 Å². The van der Waals surface area contributed by atoms with Gasteiger partial charge in [-0.2, -0.15) is 0 Å². The first kappa shape index (κ1) is 72.1. The van der Waals surface area contributed by atoms with Crippen LogP contribution in [0.25, 0.3) is 0 Å². The monoisotopic (exact) mass is 1050 g/mol. The molecule has 434 valence electrons. The van der Waals surface area contributed by atoms with Gasteiger partial charge in [0.15, 0.2) is 6.10 Å². The number of hydrogen-bond acceptors (Lipinski definition) is 6. The van der Waals surface area contributed by atoms with Gasteiger partial charge in [-0.3, -0.25) is 14.4 Å². The average Bonchev–Trinajstić information content (AvgIpc) is 3.42. The van der Waals surface area contributed by atoms with Crippen LogP contribution in [-0.2, 0) is 28.6 Å². The van der Waals surface area contributed by atoms with Crippen molar-refractivity contribution in [2.45, 2.75) is 303 Å². The lowest BCUT2D eigenvalue weighted by molar-refractivity contribution is -0.167. The number of carbonyl (C=O) groups excluding carboxylic acids is 3. The summed E-state index contributed by atoms with van der Waals surface area (Å²) in [5.74, 6) is -0.933. The Bertz CT molecular complexity index is 1540. The lowest BCUT2D eigenvalue weighted by Gasteiger charge is -2.18. The number of hydrogen-bond donors (Lipinski definition) is 0. The van der Waals surface area contributed by atoms with Crippen LogP contribution in [0.1, 0.15) is 297 Å². The summed E-state index contributed by atoms with van der Waals surface area (Å²) in [6, 6.07) is 0. The third-order valence-corrected chi connectivity index (χ3v) is 13.5. The van der Waals surface area contributed by atoms with Crippen LogP contribution in [-0.4, -0.2) is 37.2 Å². The van der Waals surface area contributed by atoms with Gasteiger partial charge < -0.3 is 14.2 Å². The predicted octanol–water partition coefficient (Wildman–Crippen LogP) is 21.8. The normalized spacial score (nSPS) is 12.8. The minimum absolute atomic E-state index is 0.0953. The molecule has 6 nitrogen and oxygen atoms in total. The van der Waals surface area contributed by atoms with E-state index in [-0.39, 0.29) is 31.1 Å². The number of unbranched alkanes of at least 4 members (excludes halogenated alkanes) is 28. The molecule has 0 bridgehead atoms. The Labute approximate surface area is 470 Å². The molecule has 0 saturated carbocycles. The van der Waals surface area contributed by atoms with E-state index in [1.54, 1.807) is 0 Å². The van der Waals surface area contributed by atoms with Gasteiger partial charge in [-0.05, 0) is 103 Å². The second kappa shape index (κ2) is 63.6. The first-order valence-corrected chi connectivity index (χ1v) is 31.9. The van der Waals surface area contributed by atoms with Crippen LogP contribution in [0.5, 0.6) is 0 Å². The number of esters is 3. The van der Waals surface area contributed by atoms with Crippen molar-refractivity contribution in [1.29, 1.82) is 0 Å². The van der Waals surface area contributed by atoms with Gasteiger partial charge in [0.05, 0.1) is 0 Å². The fraction of sp³-hybridized carbons (Fsp3) is 0.700. The number of allylic oxidation sites excluding steroid dienone is 18. The standard InChI is InChI=1S/C70H118O6/c1-4-7-10-13-16-19-22-25-27-29-31-33-34-35-36-37-39-40-42-45-48-51-54-57-60-63-69(72)75-66-67(65-74-68(71)62-59-56-53-50-47-44-24-21-18-15-12-9-6-3)76-70(73)64-61-58-55-52-49-46-43-41-38-32-30-28-26-23-20-17-14-11-8-5-2/h7,10,12,15-16,19,21,24-25,27,31,33,35-36,39-40,45,48,67H,4-6,8-9,11,13-14,17-18,20,22-23,26,28-30,32,34,37-38,41-44,46-47,49-66H2,1-3H3/b10-7-,15-12-,19-16-,24-21-,27-25-,33-31-,36-35-,40-39-,48-45-. The first-order chi connectivity index (χ1) is 37.5. The van der Waals surface area contributed by atoms with E-state index in [9.17, 15) is 14.4 Å². The Morgan fingerprint density at radius 2 is 0.539 bits per heavy atom. The summed E-state index contributed by atoms with van der Waals surface area (Å²) in [7, 11) is 0. The van der Waals surface area contributed by atoms with Gasteiger partial charge in [0, 0.05) is 19.3 Å². The van der Waals surface area contributed by atoms with Crippen molar-refractivity contribution in [2.24, 2.45) is 0 Å². The van der Waals surface area contributed by atoms with Gasteiger partial charge >= 0.3 is 17.9 Å². The van der Waals surface area contributed by atoms with Crippen LogP contribution >= 0.6 is 0 Å². The Morgan fingerprint density at radius 1 is 0.276 bits per heavy atom. The van der Waals surface area contributed by atoms with Gasteiger partial charge in [0.1, 0.15) is 13.2 Å². The average molecular weight is 1060 g/mol. The summed E-state index contributed by atoms with van der Waals surface area (Å²) < 4.78 is 16.9. The fourth-order valence-electron chi connectivity index (χ4n) is 8.76. The molecule has 0 heterocycles. The van der Waals surface area contributed by atoms with Crippen LogP contribution in [0.3, 0.4) is 0 Å². The molecule has 0 fully saturated rings. The Morgan fingerprint density at radius 3 is 0.868 bits per heavy atom. The zero-order valence-electron chi connectivity index (χ0n) is 49.7. The van der Waals surface area contributed by atoms with E-state index < -0.39 is 6.10 Å². The highest BCUT2D eigenvalue weighted by molar-refractivity contribution is 5.71. The highest BCUT2D eigenvalue weighted by Crippen LogP contribution is 2.16. The molecule has 0 amide bonds. The Balaban J connectivity index is 4.41. The minimum Gasteiger partial charge on any atom is -0.462 e. The van der Waals surface area contributed by atoms with E-state index >= 15 is 0 Å².